The van der Waals surface area contributed by atoms with Crippen LogP contribution in [0.5, 0.6) is 5.75 Å². The number of amides is 1. The third kappa shape index (κ3) is 3.72. The Balaban J connectivity index is 1.97. The number of hydrogen-bond donors (Lipinski definition) is 1. The summed E-state index contributed by atoms with van der Waals surface area (Å²) in [5.41, 5.74) is 7.48. The molecule has 2 aromatic carbocycles. The van der Waals surface area contributed by atoms with Crippen LogP contribution in [0.15, 0.2) is 42.5 Å². The topological polar surface area (TPSA) is 55.6 Å². The normalized spacial score (nSPS) is 10.2. The zero-order chi connectivity index (χ0) is 15.4. The largest absolute Gasteiger partial charge is 0.484 e. The summed E-state index contributed by atoms with van der Waals surface area (Å²) in [6, 6.07) is 11.4. The third-order valence-electron chi connectivity index (χ3n) is 3.16. The molecular formula is C16H17FN2O2. The molecule has 0 fully saturated rings. The number of carbonyl (C=O) groups excluding carboxylic acids is 1. The predicted octanol–water partition coefficient (Wildman–Crippen LogP) is 2.76. The molecule has 0 aliphatic heterocycles. The first-order chi connectivity index (χ1) is 9.97. The molecule has 0 saturated heterocycles. The van der Waals surface area contributed by atoms with Crippen molar-refractivity contribution < 1.29 is 13.9 Å². The van der Waals surface area contributed by atoms with Crippen molar-refractivity contribution in [3.8, 4) is 5.75 Å². The molecule has 21 heavy (non-hydrogen) atoms. The summed E-state index contributed by atoms with van der Waals surface area (Å²) >= 11 is 0. The Morgan fingerprint density at radius 2 is 1.90 bits per heavy atom. The molecule has 0 aliphatic rings. The Hall–Kier alpha value is -2.56. The van der Waals surface area contributed by atoms with Crippen molar-refractivity contribution in [2.75, 3.05) is 24.3 Å². The van der Waals surface area contributed by atoms with Crippen molar-refractivity contribution in [1.82, 2.24) is 0 Å². The highest BCUT2D eigenvalue weighted by Crippen LogP contribution is 2.17. The van der Waals surface area contributed by atoms with Crippen molar-refractivity contribution in [3.05, 3.63) is 53.8 Å². The van der Waals surface area contributed by atoms with E-state index in [-0.39, 0.29) is 18.3 Å². The zero-order valence-electron chi connectivity index (χ0n) is 12.0. The van der Waals surface area contributed by atoms with Gasteiger partial charge in [-0.05, 0) is 42.8 Å². The van der Waals surface area contributed by atoms with E-state index < -0.39 is 0 Å². The van der Waals surface area contributed by atoms with Crippen molar-refractivity contribution in [1.29, 1.82) is 0 Å². The fraction of sp³-hybridized carbons (Fsp3) is 0.188. The fourth-order valence-electron chi connectivity index (χ4n) is 1.75. The summed E-state index contributed by atoms with van der Waals surface area (Å²) < 4.78 is 18.7. The van der Waals surface area contributed by atoms with E-state index in [0.717, 1.165) is 0 Å². The number of hydrogen-bond acceptors (Lipinski definition) is 3. The van der Waals surface area contributed by atoms with Crippen molar-refractivity contribution >= 4 is 17.3 Å². The van der Waals surface area contributed by atoms with Gasteiger partial charge in [0.25, 0.3) is 5.91 Å². The van der Waals surface area contributed by atoms with Crippen LogP contribution in [0.25, 0.3) is 0 Å². The number of anilines is 2. The van der Waals surface area contributed by atoms with Gasteiger partial charge in [-0.15, -0.1) is 0 Å². The lowest BCUT2D eigenvalue weighted by atomic mass is 10.2. The van der Waals surface area contributed by atoms with Gasteiger partial charge in [-0.2, -0.15) is 0 Å². The Kier molecular flexibility index (Phi) is 4.42. The van der Waals surface area contributed by atoms with Gasteiger partial charge in [-0.25, -0.2) is 4.39 Å². The van der Waals surface area contributed by atoms with E-state index in [9.17, 15) is 9.18 Å². The molecule has 0 aliphatic carbocycles. The van der Waals surface area contributed by atoms with Gasteiger partial charge >= 0.3 is 0 Å². The molecule has 0 heterocycles. The molecule has 0 saturated carbocycles. The van der Waals surface area contributed by atoms with E-state index in [1.54, 1.807) is 50.4 Å². The van der Waals surface area contributed by atoms with E-state index in [0.29, 0.717) is 22.7 Å². The highest BCUT2D eigenvalue weighted by atomic mass is 19.1. The number of likely N-dealkylation sites (N-methyl/N-ethyl adjacent to an activating group) is 1. The second kappa shape index (κ2) is 6.26. The van der Waals surface area contributed by atoms with Crippen molar-refractivity contribution in [3.63, 3.8) is 0 Å². The summed E-state index contributed by atoms with van der Waals surface area (Å²) in [5, 5.41) is 0. The molecule has 2 rings (SSSR count). The number of aryl methyl sites for hydroxylation is 1. The van der Waals surface area contributed by atoms with Crippen LogP contribution in [0.4, 0.5) is 15.8 Å². The molecule has 110 valence electrons. The number of carbonyl (C=O) groups is 1. The molecule has 2 aromatic rings. The van der Waals surface area contributed by atoms with Crippen LogP contribution in [0.2, 0.25) is 0 Å². The number of nitrogens with zero attached hydrogens (tertiary/aromatic N) is 1. The smallest absolute Gasteiger partial charge is 0.264 e. The Labute approximate surface area is 122 Å². The van der Waals surface area contributed by atoms with Gasteiger partial charge < -0.3 is 15.4 Å². The number of ether oxygens (including phenoxy) is 1. The maximum absolute atomic E-state index is 13.4. The molecule has 0 atom stereocenters. The van der Waals surface area contributed by atoms with Crippen LogP contribution >= 0.6 is 0 Å². The molecule has 0 spiro atoms. The van der Waals surface area contributed by atoms with Gasteiger partial charge in [0.05, 0.1) is 0 Å². The van der Waals surface area contributed by atoms with Crippen LogP contribution in [-0.4, -0.2) is 19.6 Å². The number of nitrogens with two attached hydrogens (primary N) is 1. The van der Waals surface area contributed by atoms with E-state index in [4.69, 9.17) is 10.5 Å². The van der Waals surface area contributed by atoms with Gasteiger partial charge in [0, 0.05) is 24.5 Å². The van der Waals surface area contributed by atoms with Gasteiger partial charge in [0.15, 0.2) is 6.61 Å². The SMILES string of the molecule is Cc1ccc(OCC(=O)N(C)c2ccc(N)cc2)cc1F. The first-order valence-electron chi connectivity index (χ1n) is 6.48. The zero-order valence-corrected chi connectivity index (χ0v) is 12.0. The second-order valence-electron chi connectivity index (χ2n) is 4.74. The average Bonchev–Trinajstić information content (AvgIpc) is 2.48. The molecule has 1 amide bonds. The minimum atomic E-state index is -0.355. The third-order valence-corrected chi connectivity index (χ3v) is 3.16. The van der Waals surface area contributed by atoms with Crippen LogP contribution in [0.1, 0.15) is 5.56 Å². The Bertz CT molecular complexity index is 641. The van der Waals surface area contributed by atoms with Crippen LogP contribution in [-0.2, 0) is 4.79 Å². The minimum Gasteiger partial charge on any atom is -0.484 e. The number of rotatable bonds is 4. The highest BCUT2D eigenvalue weighted by molar-refractivity contribution is 5.94. The Morgan fingerprint density at radius 3 is 2.52 bits per heavy atom. The predicted molar refractivity (Wildman–Crippen MR) is 80.9 cm³/mol. The molecule has 5 heteroatoms. The first-order valence-corrected chi connectivity index (χ1v) is 6.48. The molecule has 2 N–H and O–H groups in total. The summed E-state index contributed by atoms with van der Waals surface area (Å²) in [4.78, 5) is 13.5. The molecule has 0 radical (unpaired) electrons. The lowest BCUT2D eigenvalue weighted by Crippen LogP contribution is -2.31. The van der Waals surface area contributed by atoms with Gasteiger partial charge in [0.2, 0.25) is 0 Å². The molecule has 0 aromatic heterocycles. The van der Waals surface area contributed by atoms with E-state index in [1.165, 1.54) is 11.0 Å². The molecule has 4 nitrogen and oxygen atoms in total. The fourth-order valence-corrected chi connectivity index (χ4v) is 1.75. The maximum Gasteiger partial charge on any atom is 0.264 e. The summed E-state index contributed by atoms with van der Waals surface area (Å²) in [6.45, 7) is 1.50. The van der Waals surface area contributed by atoms with Crippen LogP contribution in [0.3, 0.4) is 0 Å². The summed E-state index contributed by atoms with van der Waals surface area (Å²) in [6.07, 6.45) is 0. The first kappa shape index (κ1) is 14.8. The van der Waals surface area contributed by atoms with Gasteiger partial charge in [0.1, 0.15) is 11.6 Å². The second-order valence-corrected chi connectivity index (χ2v) is 4.74. The number of nitrogen functional groups attached to an aromatic ring is 1. The lowest BCUT2D eigenvalue weighted by molar-refractivity contribution is -0.120. The van der Waals surface area contributed by atoms with Gasteiger partial charge in [-0.3, -0.25) is 4.79 Å². The summed E-state index contributed by atoms with van der Waals surface area (Å²) in [7, 11) is 1.65. The van der Waals surface area contributed by atoms with Crippen molar-refractivity contribution in [2.24, 2.45) is 0 Å². The van der Waals surface area contributed by atoms with Crippen LogP contribution < -0.4 is 15.4 Å². The van der Waals surface area contributed by atoms with E-state index >= 15 is 0 Å². The number of halogens is 1. The van der Waals surface area contributed by atoms with Gasteiger partial charge in [-0.1, -0.05) is 6.07 Å². The highest BCUT2D eigenvalue weighted by Gasteiger charge is 2.12. The summed E-state index contributed by atoms with van der Waals surface area (Å²) in [5.74, 6) is -0.259. The molecule has 0 bridgehead atoms. The standard InChI is InChI=1S/C16H17FN2O2/c1-11-3-8-14(9-15(11)17)21-10-16(20)19(2)13-6-4-12(18)5-7-13/h3-9H,10,18H2,1-2H3. The lowest BCUT2D eigenvalue weighted by Gasteiger charge is -2.17. The monoisotopic (exact) mass is 288 g/mol. The number of benzene rings is 2. The quantitative estimate of drug-likeness (QED) is 0.880. The van der Waals surface area contributed by atoms with E-state index in [2.05, 4.69) is 0 Å². The molecular weight excluding hydrogens is 271 g/mol. The average molecular weight is 288 g/mol. The van der Waals surface area contributed by atoms with E-state index in [1.807, 2.05) is 0 Å². The molecule has 0 unspecified atom stereocenters. The Morgan fingerprint density at radius 1 is 1.24 bits per heavy atom. The van der Waals surface area contributed by atoms with Crippen LogP contribution in [0, 0.1) is 12.7 Å². The maximum atomic E-state index is 13.4. The van der Waals surface area contributed by atoms with Crippen molar-refractivity contribution in [2.45, 2.75) is 6.92 Å². The minimum absolute atomic E-state index is 0.163.